The van der Waals surface area contributed by atoms with E-state index in [0.717, 1.165) is 11.1 Å². The van der Waals surface area contributed by atoms with E-state index in [1.807, 2.05) is 36.4 Å². The Morgan fingerprint density at radius 1 is 0.633 bits per heavy atom. The number of Topliss-reactive ketones (excluding diaryl/α,β-unsaturated/α-hetero) is 3. The van der Waals surface area contributed by atoms with E-state index < -0.39 is 17.8 Å². The van der Waals surface area contributed by atoms with Crippen LogP contribution in [-0.2, 0) is 17.6 Å². The van der Waals surface area contributed by atoms with Gasteiger partial charge < -0.3 is 24.1 Å². The molecule has 0 amide bonds. The predicted octanol–water partition coefficient (Wildman–Crippen LogP) is 7.66. The van der Waals surface area contributed by atoms with E-state index in [4.69, 9.17) is 18.9 Å². The van der Waals surface area contributed by atoms with Gasteiger partial charge in [0.15, 0.2) is 23.1 Å². The lowest BCUT2D eigenvalue weighted by molar-refractivity contribution is -0.121. The molecule has 2 atom stereocenters. The molecule has 1 N–H and O–H groups in total. The van der Waals surface area contributed by atoms with Crippen LogP contribution in [0.1, 0.15) is 49.9 Å². The minimum atomic E-state index is -1.34. The molecule has 5 aromatic rings. The summed E-state index contributed by atoms with van der Waals surface area (Å²) in [6.45, 7) is 0. The summed E-state index contributed by atoms with van der Waals surface area (Å²) in [5.41, 5.74) is 2.75. The van der Waals surface area contributed by atoms with Crippen LogP contribution in [0.5, 0.6) is 28.7 Å². The van der Waals surface area contributed by atoms with Crippen LogP contribution in [0.25, 0.3) is 0 Å². The first-order chi connectivity index (χ1) is 23.8. The van der Waals surface area contributed by atoms with Crippen LogP contribution in [0.3, 0.4) is 0 Å². The topological polar surface area (TPSA) is 108 Å². The fourth-order valence-corrected chi connectivity index (χ4v) is 5.61. The van der Waals surface area contributed by atoms with Gasteiger partial charge in [-0.05, 0) is 65.9 Å². The highest BCUT2D eigenvalue weighted by atomic mass is 16.5. The van der Waals surface area contributed by atoms with Gasteiger partial charge in [-0.1, -0.05) is 84.9 Å². The van der Waals surface area contributed by atoms with Crippen LogP contribution in [0.4, 0.5) is 0 Å². The normalized spacial score (nSPS) is 12.0. The van der Waals surface area contributed by atoms with Gasteiger partial charge in [0.25, 0.3) is 0 Å². The third-order valence-corrected chi connectivity index (χ3v) is 8.26. The van der Waals surface area contributed by atoms with Crippen molar-refractivity contribution in [1.82, 2.24) is 0 Å². The van der Waals surface area contributed by atoms with Crippen LogP contribution in [0.15, 0.2) is 121 Å². The number of para-hydroxylation sites is 1. The Bertz CT molecular complexity index is 1860. The molecule has 0 spiro atoms. The maximum absolute atomic E-state index is 14.1. The molecule has 0 aliphatic heterocycles. The second-order valence-electron chi connectivity index (χ2n) is 11.4. The second kappa shape index (κ2) is 16.4. The van der Waals surface area contributed by atoms with Crippen molar-refractivity contribution in [2.24, 2.45) is 5.92 Å². The monoisotopic (exact) mass is 658 g/mol. The molecule has 0 saturated heterocycles. The number of aliphatic hydroxyl groups is 1. The average Bonchev–Trinajstić information content (AvgIpc) is 3.16. The Labute approximate surface area is 285 Å². The van der Waals surface area contributed by atoms with Crippen molar-refractivity contribution in [2.45, 2.75) is 25.4 Å². The highest BCUT2D eigenvalue weighted by Gasteiger charge is 2.30. The van der Waals surface area contributed by atoms with Crippen LogP contribution < -0.4 is 18.9 Å². The van der Waals surface area contributed by atoms with Crippen LogP contribution in [0, 0.1) is 5.92 Å². The number of rotatable bonds is 16. The van der Waals surface area contributed by atoms with Gasteiger partial charge in [-0.25, -0.2) is 0 Å². The van der Waals surface area contributed by atoms with Gasteiger partial charge >= 0.3 is 0 Å². The molecule has 0 fully saturated rings. The summed E-state index contributed by atoms with van der Waals surface area (Å²) < 4.78 is 22.4. The number of carbonyl (C=O) groups is 3. The Balaban J connectivity index is 1.38. The summed E-state index contributed by atoms with van der Waals surface area (Å²) in [6.07, 6.45) is -0.497. The van der Waals surface area contributed by atoms with E-state index in [9.17, 15) is 19.5 Å². The van der Waals surface area contributed by atoms with Gasteiger partial charge in [0, 0.05) is 12.0 Å². The molecule has 49 heavy (non-hydrogen) atoms. The maximum atomic E-state index is 14.1. The lowest BCUT2D eigenvalue weighted by Gasteiger charge is -2.18. The smallest absolute Gasteiger partial charge is 0.203 e. The molecular formula is C41H38O8. The number of hydrogen-bond acceptors (Lipinski definition) is 8. The van der Waals surface area contributed by atoms with Crippen LogP contribution >= 0.6 is 0 Å². The lowest BCUT2D eigenvalue weighted by Crippen LogP contribution is -2.27. The molecule has 0 radical (unpaired) electrons. The highest BCUT2D eigenvalue weighted by molar-refractivity contribution is 6.11. The van der Waals surface area contributed by atoms with Crippen molar-refractivity contribution >= 4 is 17.3 Å². The maximum Gasteiger partial charge on any atom is 0.203 e. The standard InChI is InChI=1S/C41H38O8/c1-46-36-25-30(26-37(47-2)41(36)48-3)38(43)33(34(42)23-20-27-12-6-4-7-13-27)24-28-18-21-31(22-19-28)49-35-17-11-10-16-32(35)40(45)39(44)29-14-8-5-9-15-29/h4-19,21-22,25-26,33,39,44H,20,23-24H2,1-3H3. The fourth-order valence-electron chi connectivity index (χ4n) is 5.61. The molecule has 0 aliphatic carbocycles. The van der Waals surface area contributed by atoms with Crippen molar-refractivity contribution in [1.29, 1.82) is 0 Å². The predicted molar refractivity (Wildman–Crippen MR) is 186 cm³/mol. The van der Waals surface area contributed by atoms with Crippen molar-refractivity contribution in [3.05, 3.63) is 149 Å². The molecule has 250 valence electrons. The summed E-state index contributed by atoms with van der Waals surface area (Å²) in [6, 6.07) is 35.3. The minimum absolute atomic E-state index is 0.155. The summed E-state index contributed by atoms with van der Waals surface area (Å²) in [5, 5.41) is 10.7. The van der Waals surface area contributed by atoms with Crippen molar-refractivity contribution in [3.63, 3.8) is 0 Å². The van der Waals surface area contributed by atoms with Gasteiger partial charge in [-0.3, -0.25) is 14.4 Å². The summed E-state index contributed by atoms with van der Waals surface area (Å²) in [5.74, 6) is -0.287. The third-order valence-electron chi connectivity index (χ3n) is 8.26. The SMILES string of the molecule is COc1cc(C(=O)C(Cc2ccc(Oc3ccccc3C(=O)C(O)c3ccccc3)cc2)C(=O)CCc2ccccc2)cc(OC)c1OC. The van der Waals surface area contributed by atoms with Crippen molar-refractivity contribution < 1.29 is 38.4 Å². The molecule has 2 unspecified atom stereocenters. The third kappa shape index (κ3) is 8.41. The molecule has 0 saturated carbocycles. The first-order valence-electron chi connectivity index (χ1n) is 15.9. The first-order valence-corrected chi connectivity index (χ1v) is 15.9. The zero-order chi connectivity index (χ0) is 34.8. The van der Waals surface area contributed by atoms with Gasteiger partial charge in [-0.15, -0.1) is 0 Å². The van der Waals surface area contributed by atoms with Gasteiger partial charge in [-0.2, -0.15) is 0 Å². The molecule has 0 bridgehead atoms. The van der Waals surface area contributed by atoms with Crippen LogP contribution in [0.2, 0.25) is 0 Å². The largest absolute Gasteiger partial charge is 0.493 e. The number of aryl methyl sites for hydroxylation is 1. The Morgan fingerprint density at radius 3 is 1.84 bits per heavy atom. The molecule has 8 heteroatoms. The second-order valence-corrected chi connectivity index (χ2v) is 11.4. The van der Waals surface area contributed by atoms with Gasteiger partial charge in [0.1, 0.15) is 23.4 Å². The molecule has 0 aromatic heterocycles. The Hall–Kier alpha value is -5.73. The molecular weight excluding hydrogens is 620 g/mol. The number of ketones is 3. The quantitative estimate of drug-likeness (QED) is 0.0851. The van der Waals surface area contributed by atoms with E-state index in [1.54, 1.807) is 84.9 Å². The van der Waals surface area contributed by atoms with Gasteiger partial charge in [0.2, 0.25) is 5.75 Å². The van der Waals surface area contributed by atoms with E-state index in [-0.39, 0.29) is 35.5 Å². The molecule has 0 aliphatic rings. The first kappa shape index (κ1) is 34.6. The molecule has 5 aromatic carbocycles. The minimum Gasteiger partial charge on any atom is -0.493 e. The van der Waals surface area contributed by atoms with Crippen LogP contribution in [-0.4, -0.2) is 43.8 Å². The van der Waals surface area contributed by atoms with E-state index in [2.05, 4.69) is 0 Å². The summed E-state index contributed by atoms with van der Waals surface area (Å²) >= 11 is 0. The number of ether oxygens (including phenoxy) is 4. The lowest BCUT2D eigenvalue weighted by atomic mass is 9.85. The van der Waals surface area contributed by atoms with Gasteiger partial charge in [0.05, 0.1) is 32.8 Å². The van der Waals surface area contributed by atoms with Crippen molar-refractivity contribution in [2.75, 3.05) is 21.3 Å². The Kier molecular flexibility index (Phi) is 11.6. The number of benzene rings is 5. The number of aliphatic hydroxyl groups excluding tert-OH is 1. The Morgan fingerprint density at radius 2 is 1.22 bits per heavy atom. The van der Waals surface area contributed by atoms with E-state index >= 15 is 0 Å². The van der Waals surface area contributed by atoms with E-state index in [1.165, 1.54) is 21.3 Å². The molecule has 5 rings (SSSR count). The zero-order valence-corrected chi connectivity index (χ0v) is 27.6. The summed E-state index contributed by atoms with van der Waals surface area (Å²) in [4.78, 5) is 41.0. The average molecular weight is 659 g/mol. The molecule has 8 nitrogen and oxygen atoms in total. The van der Waals surface area contributed by atoms with E-state index in [0.29, 0.717) is 40.7 Å². The number of methoxy groups -OCH3 is 3. The highest BCUT2D eigenvalue weighted by Crippen LogP contribution is 2.39. The fraction of sp³-hybridized carbons (Fsp3) is 0.195. The number of hydrogen-bond donors (Lipinski definition) is 1. The zero-order valence-electron chi connectivity index (χ0n) is 27.6. The summed E-state index contributed by atoms with van der Waals surface area (Å²) in [7, 11) is 4.42. The van der Waals surface area contributed by atoms with Crippen molar-refractivity contribution in [3.8, 4) is 28.7 Å². The number of carbonyl (C=O) groups excluding carboxylic acids is 3. The molecule has 0 heterocycles.